The summed E-state index contributed by atoms with van der Waals surface area (Å²) in [6.45, 7) is 1.19. The van der Waals surface area contributed by atoms with Crippen LogP contribution in [0, 0.1) is 0 Å². The Kier molecular flexibility index (Phi) is 4.40. The number of aryl methyl sites for hydroxylation is 1. The maximum atomic E-state index is 12.4. The zero-order valence-corrected chi connectivity index (χ0v) is 16.5. The molecular weight excluding hydrogens is 418 g/mol. The summed E-state index contributed by atoms with van der Waals surface area (Å²) < 4.78 is 18.6. The second-order valence-electron chi connectivity index (χ2n) is 6.41. The molecule has 4 aromatic rings. The van der Waals surface area contributed by atoms with Crippen LogP contribution in [0.5, 0.6) is 11.5 Å². The van der Waals surface area contributed by atoms with Crippen LogP contribution in [0.1, 0.15) is 6.42 Å². The number of carbonyl (C=O) groups is 1. The molecule has 1 aliphatic heterocycles. The van der Waals surface area contributed by atoms with Crippen molar-refractivity contribution >= 4 is 55.3 Å². The van der Waals surface area contributed by atoms with E-state index in [-0.39, 0.29) is 18.9 Å². The quantitative estimate of drug-likeness (QED) is 0.529. The largest absolute Gasteiger partial charge is 0.486 e. The zero-order valence-electron chi connectivity index (χ0n) is 14.9. The first kappa shape index (κ1) is 18.0. The van der Waals surface area contributed by atoms with Crippen molar-refractivity contribution in [1.29, 1.82) is 0 Å². The van der Waals surface area contributed by atoms with Gasteiger partial charge in [0, 0.05) is 36.2 Å². The summed E-state index contributed by atoms with van der Waals surface area (Å²) in [6, 6.07) is 8.60. The fourth-order valence-electron chi connectivity index (χ4n) is 3.17. The molecule has 2 aromatic carbocycles. The molecule has 1 aliphatic rings. The van der Waals surface area contributed by atoms with Crippen LogP contribution < -0.4 is 20.5 Å². The summed E-state index contributed by atoms with van der Waals surface area (Å²) in [6.07, 6.45) is 0.0931. The van der Waals surface area contributed by atoms with Gasteiger partial charge in [0.2, 0.25) is 5.91 Å². The number of amides is 1. The lowest BCUT2D eigenvalue weighted by Crippen LogP contribution is -2.19. The van der Waals surface area contributed by atoms with E-state index in [1.165, 1.54) is 15.9 Å². The van der Waals surface area contributed by atoms with Gasteiger partial charge in [-0.3, -0.25) is 9.36 Å². The highest BCUT2D eigenvalue weighted by molar-refractivity contribution is 7.22. The van der Waals surface area contributed by atoms with Crippen LogP contribution >= 0.6 is 22.9 Å². The van der Waals surface area contributed by atoms with Crippen molar-refractivity contribution in [3.8, 4) is 11.5 Å². The summed E-state index contributed by atoms with van der Waals surface area (Å²) in [5.74, 6) is 0.548. The highest BCUT2D eigenvalue weighted by Crippen LogP contribution is 2.37. The molecule has 2 aromatic heterocycles. The molecule has 1 amide bonds. The molecule has 3 heterocycles. The lowest BCUT2D eigenvalue weighted by Gasteiger charge is -2.17. The average Bonchev–Trinajstić information content (AvgIpc) is 3.22. The standard InChI is InChI=1S/C19H14ClN3O5S/c20-10-1-2-12-13(7-10)28-19(25)23(12)4-3-17(24)22-18-21-11-8-14-15(9-16(11)29-18)27-6-5-26-14/h1-2,7-9H,3-6H2,(H,21,22,24). The van der Waals surface area contributed by atoms with E-state index in [0.29, 0.717) is 46.0 Å². The van der Waals surface area contributed by atoms with Gasteiger partial charge >= 0.3 is 5.76 Å². The molecule has 0 spiro atoms. The van der Waals surface area contributed by atoms with Gasteiger partial charge in [-0.25, -0.2) is 9.78 Å². The number of anilines is 1. The van der Waals surface area contributed by atoms with E-state index in [4.69, 9.17) is 25.5 Å². The molecule has 0 aliphatic carbocycles. The van der Waals surface area contributed by atoms with Gasteiger partial charge in [-0.1, -0.05) is 22.9 Å². The number of hydrogen-bond donors (Lipinski definition) is 1. The SMILES string of the molecule is O=C(CCn1c(=O)oc2cc(Cl)ccc21)Nc1nc2cc3c(cc2s1)OCCO3. The van der Waals surface area contributed by atoms with Crippen LogP contribution in [0.25, 0.3) is 21.3 Å². The first-order valence-electron chi connectivity index (χ1n) is 8.86. The molecule has 0 atom stereocenters. The third-order valence-corrected chi connectivity index (χ3v) is 5.66. The molecular formula is C19H14ClN3O5S. The third-order valence-electron chi connectivity index (χ3n) is 4.49. The molecule has 0 saturated heterocycles. The van der Waals surface area contributed by atoms with Gasteiger partial charge in [-0.2, -0.15) is 0 Å². The van der Waals surface area contributed by atoms with E-state index in [1.807, 2.05) is 6.07 Å². The van der Waals surface area contributed by atoms with Crippen molar-refractivity contribution in [3.05, 3.63) is 45.9 Å². The number of thiazole rings is 1. The average molecular weight is 432 g/mol. The Hall–Kier alpha value is -3.04. The number of nitrogens with zero attached hydrogens (tertiary/aromatic N) is 2. The van der Waals surface area contributed by atoms with Gasteiger partial charge in [-0.15, -0.1) is 0 Å². The van der Waals surface area contributed by atoms with Crippen LogP contribution in [0.15, 0.2) is 39.5 Å². The number of rotatable bonds is 4. The molecule has 0 radical (unpaired) electrons. The lowest BCUT2D eigenvalue weighted by atomic mass is 10.3. The van der Waals surface area contributed by atoms with E-state index in [9.17, 15) is 9.59 Å². The molecule has 8 nitrogen and oxygen atoms in total. The lowest BCUT2D eigenvalue weighted by molar-refractivity contribution is -0.116. The number of halogens is 1. The van der Waals surface area contributed by atoms with E-state index in [2.05, 4.69) is 10.3 Å². The van der Waals surface area contributed by atoms with Crippen molar-refractivity contribution in [3.63, 3.8) is 0 Å². The monoisotopic (exact) mass is 431 g/mol. The number of benzene rings is 2. The number of nitrogens with one attached hydrogen (secondary N) is 1. The summed E-state index contributed by atoms with van der Waals surface area (Å²) >= 11 is 7.26. The Balaban J connectivity index is 1.31. The fraction of sp³-hybridized carbons (Fsp3) is 0.211. The minimum atomic E-state index is -0.527. The van der Waals surface area contributed by atoms with Crippen molar-refractivity contribution in [1.82, 2.24) is 9.55 Å². The first-order valence-corrected chi connectivity index (χ1v) is 10.1. The van der Waals surface area contributed by atoms with Gasteiger partial charge in [-0.05, 0) is 12.1 Å². The Bertz CT molecular complexity index is 1270. The van der Waals surface area contributed by atoms with Crippen molar-refractivity contribution < 1.29 is 18.7 Å². The Morgan fingerprint density at radius 1 is 1.21 bits per heavy atom. The molecule has 0 saturated carbocycles. The summed E-state index contributed by atoms with van der Waals surface area (Å²) in [5.41, 5.74) is 1.71. The van der Waals surface area contributed by atoms with Gasteiger partial charge in [0.1, 0.15) is 13.2 Å². The minimum absolute atomic E-state index is 0.0931. The third kappa shape index (κ3) is 3.43. The predicted molar refractivity (Wildman–Crippen MR) is 109 cm³/mol. The van der Waals surface area contributed by atoms with Crippen LogP contribution in [0.2, 0.25) is 5.02 Å². The first-order chi connectivity index (χ1) is 14.1. The molecule has 10 heteroatoms. The molecule has 29 heavy (non-hydrogen) atoms. The number of fused-ring (bicyclic) bond motifs is 3. The van der Waals surface area contributed by atoms with E-state index < -0.39 is 5.76 Å². The number of aromatic nitrogens is 2. The van der Waals surface area contributed by atoms with Gasteiger partial charge in [0.05, 0.1) is 15.7 Å². The van der Waals surface area contributed by atoms with Crippen molar-refractivity contribution in [2.75, 3.05) is 18.5 Å². The predicted octanol–water partition coefficient (Wildman–Crippen LogP) is 3.66. The van der Waals surface area contributed by atoms with E-state index in [0.717, 1.165) is 10.2 Å². The number of hydrogen-bond acceptors (Lipinski definition) is 7. The van der Waals surface area contributed by atoms with Crippen LogP contribution in [0.4, 0.5) is 5.13 Å². The highest BCUT2D eigenvalue weighted by Gasteiger charge is 2.17. The Morgan fingerprint density at radius 3 is 2.83 bits per heavy atom. The second kappa shape index (κ2) is 7.09. The number of ether oxygens (including phenoxy) is 2. The normalized spacial score (nSPS) is 13.1. The van der Waals surface area contributed by atoms with Gasteiger partial charge in [0.15, 0.2) is 22.2 Å². The smallest absolute Gasteiger partial charge is 0.419 e. The molecule has 0 bridgehead atoms. The molecule has 0 fully saturated rings. The topological polar surface area (TPSA) is 95.6 Å². The minimum Gasteiger partial charge on any atom is -0.486 e. The summed E-state index contributed by atoms with van der Waals surface area (Å²) in [5, 5.41) is 3.73. The molecule has 5 rings (SSSR count). The van der Waals surface area contributed by atoms with Crippen LogP contribution in [-0.2, 0) is 11.3 Å². The van der Waals surface area contributed by atoms with Crippen LogP contribution in [-0.4, -0.2) is 28.7 Å². The summed E-state index contributed by atoms with van der Waals surface area (Å²) in [7, 11) is 0. The van der Waals surface area contributed by atoms with Gasteiger partial charge < -0.3 is 19.2 Å². The van der Waals surface area contributed by atoms with E-state index >= 15 is 0 Å². The van der Waals surface area contributed by atoms with Gasteiger partial charge in [0.25, 0.3) is 0 Å². The molecule has 148 valence electrons. The van der Waals surface area contributed by atoms with E-state index in [1.54, 1.807) is 24.3 Å². The highest BCUT2D eigenvalue weighted by atomic mass is 35.5. The van der Waals surface area contributed by atoms with Crippen molar-refractivity contribution in [2.24, 2.45) is 0 Å². The Morgan fingerprint density at radius 2 is 2.00 bits per heavy atom. The molecule has 1 N–H and O–H groups in total. The summed E-state index contributed by atoms with van der Waals surface area (Å²) in [4.78, 5) is 28.9. The molecule has 0 unspecified atom stereocenters. The fourth-order valence-corrected chi connectivity index (χ4v) is 4.22. The zero-order chi connectivity index (χ0) is 20.0. The maximum Gasteiger partial charge on any atom is 0.419 e. The number of carbonyl (C=O) groups excluding carboxylic acids is 1. The Labute approximate surface area is 172 Å². The van der Waals surface area contributed by atoms with Crippen molar-refractivity contribution in [2.45, 2.75) is 13.0 Å². The maximum absolute atomic E-state index is 12.4. The van der Waals surface area contributed by atoms with Crippen LogP contribution in [0.3, 0.4) is 0 Å². The number of oxazole rings is 1. The second-order valence-corrected chi connectivity index (χ2v) is 7.88.